The molecular formula is C13H39O4Si6. The molecule has 139 valence electrons. The lowest BCUT2D eigenvalue weighted by Gasteiger charge is -2.34. The summed E-state index contributed by atoms with van der Waals surface area (Å²) in [5, 5.41) is 0. The zero-order valence-corrected chi connectivity index (χ0v) is 23.9. The summed E-state index contributed by atoms with van der Waals surface area (Å²) >= 11 is 0. The molecule has 0 fully saturated rings. The van der Waals surface area contributed by atoms with E-state index in [1.807, 2.05) is 0 Å². The van der Waals surface area contributed by atoms with Crippen molar-refractivity contribution >= 4 is 53.3 Å². The van der Waals surface area contributed by atoms with E-state index in [9.17, 15) is 0 Å². The molecule has 0 saturated carbocycles. The summed E-state index contributed by atoms with van der Waals surface area (Å²) in [6.45, 7) is 22.3. The molecule has 1 atom stereocenters. The first-order valence-electron chi connectivity index (χ1n) is 8.58. The van der Waals surface area contributed by atoms with Gasteiger partial charge in [-0.2, -0.15) is 0 Å². The first kappa shape index (κ1) is 24.1. The van der Waals surface area contributed by atoms with Crippen LogP contribution < -0.4 is 0 Å². The molecule has 0 spiro atoms. The molecule has 0 aliphatic carbocycles. The maximum atomic E-state index is 6.44. The molecule has 0 aromatic rings. The van der Waals surface area contributed by atoms with Crippen molar-refractivity contribution < 1.29 is 16.5 Å². The summed E-state index contributed by atoms with van der Waals surface area (Å²) in [5.41, 5.74) is 0. The van der Waals surface area contributed by atoms with Gasteiger partial charge in [0.2, 0.25) is 0 Å². The Bertz CT molecular complexity index is 337. The predicted molar refractivity (Wildman–Crippen MR) is 117 cm³/mol. The topological polar surface area (TPSA) is 36.9 Å². The molecule has 0 aromatic carbocycles. The third kappa shape index (κ3) is 16.4. The molecule has 0 aliphatic heterocycles. The van der Waals surface area contributed by atoms with Gasteiger partial charge in [0.1, 0.15) is 9.76 Å². The number of hydrogen-bond donors (Lipinski definition) is 0. The van der Waals surface area contributed by atoms with E-state index in [0.717, 1.165) is 6.42 Å². The Morgan fingerprint density at radius 1 is 0.696 bits per heavy atom. The highest BCUT2D eigenvalue weighted by atomic mass is 28.5. The van der Waals surface area contributed by atoms with Crippen LogP contribution in [0.5, 0.6) is 0 Å². The first-order valence-corrected chi connectivity index (χ1v) is 23.9. The summed E-state index contributed by atoms with van der Waals surface area (Å²) in [6, 6.07) is 3.52. The molecule has 0 aliphatic rings. The SMILES string of the molecule is C[Si](C)(C)O[SiH2]CC[CH][Si](C)(O[SiH2]O[Si](C)(C)C)O[Si](C)(C)C. The van der Waals surface area contributed by atoms with E-state index < -0.39 is 53.3 Å². The average Bonchev–Trinajstić information content (AvgIpc) is 2.22. The summed E-state index contributed by atoms with van der Waals surface area (Å²) in [7, 11) is -8.01. The van der Waals surface area contributed by atoms with Crippen molar-refractivity contribution in [2.24, 2.45) is 0 Å². The largest absolute Gasteiger partial charge is 0.461 e. The molecule has 0 saturated heterocycles. The zero-order valence-electron chi connectivity index (χ0n) is 17.0. The summed E-state index contributed by atoms with van der Waals surface area (Å²) < 4.78 is 24.8. The van der Waals surface area contributed by atoms with Crippen LogP contribution in [-0.4, -0.2) is 53.3 Å². The minimum atomic E-state index is -2.21. The van der Waals surface area contributed by atoms with E-state index in [-0.39, 0.29) is 0 Å². The molecule has 1 unspecified atom stereocenters. The van der Waals surface area contributed by atoms with Gasteiger partial charge in [0.15, 0.2) is 25.0 Å². The van der Waals surface area contributed by atoms with Crippen molar-refractivity contribution in [1.82, 2.24) is 0 Å². The second-order valence-electron chi connectivity index (χ2n) is 9.06. The molecule has 4 nitrogen and oxygen atoms in total. The van der Waals surface area contributed by atoms with Crippen LogP contribution in [0.15, 0.2) is 0 Å². The standard InChI is InChI=1S/C13H39O4Si6/c1-20(2,3)14-18-12-11-13-23(10,17-22(7,8)9)16-19-15-21(4,5)6/h13H,11-12,18-19H2,1-10H3. The van der Waals surface area contributed by atoms with E-state index in [1.165, 1.54) is 6.04 Å². The Morgan fingerprint density at radius 2 is 1.22 bits per heavy atom. The Balaban J connectivity index is 4.38. The van der Waals surface area contributed by atoms with Gasteiger partial charge in [0.25, 0.3) is 10.0 Å². The van der Waals surface area contributed by atoms with Gasteiger partial charge in [-0.15, -0.1) is 0 Å². The second-order valence-corrected chi connectivity index (χ2v) is 29.8. The lowest BCUT2D eigenvalue weighted by atomic mass is 10.6. The molecule has 1 radical (unpaired) electrons. The van der Waals surface area contributed by atoms with Crippen LogP contribution in [0.4, 0.5) is 0 Å². The predicted octanol–water partition coefficient (Wildman–Crippen LogP) is 3.26. The maximum Gasteiger partial charge on any atom is 0.318 e. The van der Waals surface area contributed by atoms with Crippen molar-refractivity contribution in [1.29, 1.82) is 0 Å². The van der Waals surface area contributed by atoms with Gasteiger partial charge in [-0.05, 0) is 77.9 Å². The molecule has 0 amide bonds. The van der Waals surface area contributed by atoms with Gasteiger partial charge in [-0.25, -0.2) is 0 Å². The zero-order chi connectivity index (χ0) is 18.4. The monoisotopic (exact) mass is 427 g/mol. The smallest absolute Gasteiger partial charge is 0.318 e. The van der Waals surface area contributed by atoms with Crippen LogP contribution >= 0.6 is 0 Å². The molecule has 0 bridgehead atoms. The average molecular weight is 428 g/mol. The molecule has 0 N–H and O–H groups in total. The van der Waals surface area contributed by atoms with Crippen LogP contribution in [0.2, 0.25) is 71.5 Å². The Hall–Kier alpha value is 1.14. The maximum absolute atomic E-state index is 6.44. The quantitative estimate of drug-likeness (QED) is 0.354. The highest BCUT2D eigenvalue weighted by molar-refractivity contribution is 6.85. The van der Waals surface area contributed by atoms with Gasteiger partial charge in [0, 0.05) is 6.04 Å². The van der Waals surface area contributed by atoms with Gasteiger partial charge in [-0.1, -0.05) is 0 Å². The van der Waals surface area contributed by atoms with Crippen molar-refractivity contribution in [3.05, 3.63) is 6.04 Å². The summed E-state index contributed by atoms with van der Waals surface area (Å²) in [5.74, 6) is 0. The minimum Gasteiger partial charge on any atom is -0.461 e. The molecule has 0 heterocycles. The number of hydrogen-bond acceptors (Lipinski definition) is 4. The molecule has 0 rings (SSSR count). The second kappa shape index (κ2) is 9.73. The fourth-order valence-electron chi connectivity index (χ4n) is 1.89. The third-order valence-corrected chi connectivity index (χ3v) is 19.5. The van der Waals surface area contributed by atoms with E-state index in [2.05, 4.69) is 71.5 Å². The molecular weight excluding hydrogens is 389 g/mol. The molecule has 0 aromatic heterocycles. The van der Waals surface area contributed by atoms with Crippen molar-refractivity contribution in [3.8, 4) is 0 Å². The fourth-order valence-corrected chi connectivity index (χ4v) is 16.0. The van der Waals surface area contributed by atoms with Gasteiger partial charge >= 0.3 is 8.56 Å². The van der Waals surface area contributed by atoms with Crippen molar-refractivity contribution in [2.75, 3.05) is 0 Å². The number of rotatable bonds is 12. The molecule has 10 heteroatoms. The van der Waals surface area contributed by atoms with Crippen LogP contribution in [0.25, 0.3) is 0 Å². The van der Waals surface area contributed by atoms with Gasteiger partial charge in [0.05, 0.1) is 0 Å². The fraction of sp³-hybridized carbons (Fsp3) is 0.923. The normalized spacial score (nSPS) is 17.5. The van der Waals surface area contributed by atoms with Crippen LogP contribution in [0.1, 0.15) is 6.42 Å². The minimum absolute atomic E-state index is 0.405. The van der Waals surface area contributed by atoms with Gasteiger partial charge < -0.3 is 16.5 Å². The summed E-state index contributed by atoms with van der Waals surface area (Å²) in [4.78, 5) is 0. The highest BCUT2D eigenvalue weighted by Gasteiger charge is 2.36. The van der Waals surface area contributed by atoms with E-state index >= 15 is 0 Å². The van der Waals surface area contributed by atoms with Crippen molar-refractivity contribution in [2.45, 2.75) is 77.9 Å². The lowest BCUT2D eigenvalue weighted by Crippen LogP contribution is -2.50. The van der Waals surface area contributed by atoms with Crippen molar-refractivity contribution in [3.63, 3.8) is 0 Å². The van der Waals surface area contributed by atoms with Crippen LogP contribution in [0, 0.1) is 6.04 Å². The summed E-state index contributed by atoms with van der Waals surface area (Å²) in [6.07, 6.45) is 1.06. The van der Waals surface area contributed by atoms with E-state index in [0.29, 0.717) is 0 Å². The van der Waals surface area contributed by atoms with Crippen LogP contribution in [0.3, 0.4) is 0 Å². The Labute approximate surface area is 153 Å². The lowest BCUT2D eigenvalue weighted by molar-refractivity contribution is 0.368. The van der Waals surface area contributed by atoms with Crippen LogP contribution in [-0.2, 0) is 16.5 Å². The third-order valence-electron chi connectivity index (χ3n) is 2.74. The van der Waals surface area contributed by atoms with E-state index in [1.54, 1.807) is 0 Å². The molecule has 23 heavy (non-hydrogen) atoms. The first-order chi connectivity index (χ1) is 10.1. The Kier molecular flexibility index (Phi) is 10.2. The highest BCUT2D eigenvalue weighted by Crippen LogP contribution is 2.21. The van der Waals surface area contributed by atoms with Gasteiger partial charge in [-0.3, -0.25) is 0 Å². The van der Waals surface area contributed by atoms with E-state index in [4.69, 9.17) is 16.5 Å². The Morgan fingerprint density at radius 3 is 1.65 bits per heavy atom.